The Kier molecular flexibility index (Phi) is 3.59. The minimum Gasteiger partial charge on any atom is -0.325 e. The van der Waals surface area contributed by atoms with E-state index in [9.17, 15) is 4.79 Å². The highest BCUT2D eigenvalue weighted by Crippen LogP contribution is 2.11. The third-order valence-electron chi connectivity index (χ3n) is 3.43. The summed E-state index contributed by atoms with van der Waals surface area (Å²) in [6.45, 7) is 7.02. The summed E-state index contributed by atoms with van der Waals surface area (Å²) in [7, 11) is 0. The molecule has 0 aliphatic carbocycles. The molecule has 86 valence electrons. The molecule has 0 spiro atoms. The molecule has 4 nitrogen and oxygen atoms in total. The van der Waals surface area contributed by atoms with Gasteiger partial charge in [-0.2, -0.15) is 0 Å². The van der Waals surface area contributed by atoms with E-state index in [0.29, 0.717) is 6.54 Å². The van der Waals surface area contributed by atoms with Crippen LogP contribution in [0.15, 0.2) is 0 Å². The fourth-order valence-electron chi connectivity index (χ4n) is 2.49. The monoisotopic (exact) mass is 211 g/mol. The Morgan fingerprint density at radius 3 is 2.73 bits per heavy atom. The van der Waals surface area contributed by atoms with Gasteiger partial charge in [0.1, 0.15) is 0 Å². The molecular formula is C11H21N3O. The van der Waals surface area contributed by atoms with E-state index in [1.165, 1.54) is 25.9 Å². The van der Waals surface area contributed by atoms with E-state index in [2.05, 4.69) is 17.1 Å². The lowest BCUT2D eigenvalue weighted by Crippen LogP contribution is -2.41. The lowest BCUT2D eigenvalue weighted by molar-refractivity contribution is -0.128. The van der Waals surface area contributed by atoms with Crippen LogP contribution in [-0.2, 0) is 4.79 Å². The van der Waals surface area contributed by atoms with Crippen LogP contribution in [0.25, 0.3) is 0 Å². The maximum Gasteiger partial charge on any atom is 0.237 e. The molecule has 0 aromatic rings. The minimum atomic E-state index is 0.265. The normalized spacial score (nSPS) is 27.9. The zero-order chi connectivity index (χ0) is 10.7. The fourth-order valence-corrected chi connectivity index (χ4v) is 2.49. The van der Waals surface area contributed by atoms with Gasteiger partial charge in [0, 0.05) is 13.1 Å². The average Bonchev–Trinajstić information content (AvgIpc) is 2.84. The van der Waals surface area contributed by atoms with Gasteiger partial charge in [-0.3, -0.25) is 10.1 Å². The summed E-state index contributed by atoms with van der Waals surface area (Å²) in [5.74, 6) is 0.265. The topological polar surface area (TPSA) is 35.6 Å². The van der Waals surface area contributed by atoms with E-state index in [4.69, 9.17) is 0 Å². The van der Waals surface area contributed by atoms with Crippen molar-refractivity contribution in [2.75, 3.05) is 32.7 Å². The van der Waals surface area contributed by atoms with Gasteiger partial charge in [-0.15, -0.1) is 0 Å². The number of hydrogen-bond acceptors (Lipinski definition) is 3. The molecule has 1 N–H and O–H groups in total. The quantitative estimate of drug-likeness (QED) is 0.724. The lowest BCUT2D eigenvalue weighted by Gasteiger charge is -2.25. The highest BCUT2D eigenvalue weighted by molar-refractivity contribution is 5.80. The van der Waals surface area contributed by atoms with Crippen LogP contribution in [0.3, 0.4) is 0 Å². The first-order valence-corrected chi connectivity index (χ1v) is 6.06. The van der Waals surface area contributed by atoms with Crippen LogP contribution in [0.1, 0.15) is 26.2 Å². The van der Waals surface area contributed by atoms with Gasteiger partial charge < -0.3 is 9.80 Å². The third kappa shape index (κ3) is 2.49. The maximum atomic E-state index is 11.6. The summed E-state index contributed by atoms with van der Waals surface area (Å²) in [6, 6.07) is 0. The third-order valence-corrected chi connectivity index (χ3v) is 3.43. The molecule has 0 aromatic carbocycles. The molecule has 2 fully saturated rings. The van der Waals surface area contributed by atoms with Gasteiger partial charge in [0.05, 0.1) is 12.7 Å². The second-order valence-corrected chi connectivity index (χ2v) is 4.44. The Hall–Kier alpha value is -0.610. The Labute approximate surface area is 91.6 Å². The van der Waals surface area contributed by atoms with Crippen molar-refractivity contribution in [1.82, 2.24) is 15.1 Å². The first kappa shape index (κ1) is 10.9. The van der Waals surface area contributed by atoms with E-state index < -0.39 is 0 Å². The Balaban J connectivity index is 1.78. The molecule has 2 aliphatic rings. The Bertz CT molecular complexity index is 226. The Morgan fingerprint density at radius 1 is 1.33 bits per heavy atom. The molecule has 2 saturated heterocycles. The van der Waals surface area contributed by atoms with Crippen LogP contribution in [0.5, 0.6) is 0 Å². The highest BCUT2D eigenvalue weighted by Gasteiger charge is 2.28. The van der Waals surface area contributed by atoms with Crippen molar-refractivity contribution in [3.8, 4) is 0 Å². The number of nitrogens with zero attached hydrogens (tertiary/aromatic N) is 2. The zero-order valence-corrected chi connectivity index (χ0v) is 9.54. The van der Waals surface area contributed by atoms with Gasteiger partial charge in [0.25, 0.3) is 0 Å². The van der Waals surface area contributed by atoms with Crippen molar-refractivity contribution < 1.29 is 4.79 Å². The van der Waals surface area contributed by atoms with Crippen molar-refractivity contribution >= 4 is 5.91 Å². The molecule has 4 heteroatoms. The molecule has 1 atom stereocenters. The number of carbonyl (C=O) groups is 1. The molecule has 2 heterocycles. The lowest BCUT2D eigenvalue weighted by atomic mass is 10.3. The van der Waals surface area contributed by atoms with E-state index in [1.807, 2.05) is 4.90 Å². The second kappa shape index (κ2) is 4.94. The van der Waals surface area contributed by atoms with Gasteiger partial charge in [0.2, 0.25) is 5.91 Å². The largest absolute Gasteiger partial charge is 0.325 e. The molecule has 0 saturated carbocycles. The molecule has 1 amide bonds. The molecule has 1 unspecified atom stereocenters. The van der Waals surface area contributed by atoms with Gasteiger partial charge >= 0.3 is 0 Å². The van der Waals surface area contributed by atoms with Crippen LogP contribution in [0.4, 0.5) is 0 Å². The molecular weight excluding hydrogens is 190 g/mol. The standard InChI is InChI=1S/C11H21N3O/c1-2-10-12-9-11(15)14(10)8-7-13-5-3-4-6-13/h10,12H,2-9H2,1H3. The van der Waals surface area contributed by atoms with Crippen molar-refractivity contribution in [1.29, 1.82) is 0 Å². The zero-order valence-electron chi connectivity index (χ0n) is 9.54. The fraction of sp³-hybridized carbons (Fsp3) is 0.909. The van der Waals surface area contributed by atoms with Gasteiger partial charge in [-0.05, 0) is 32.4 Å². The molecule has 2 rings (SSSR count). The molecule has 0 bridgehead atoms. The number of nitrogens with one attached hydrogen (secondary N) is 1. The highest BCUT2D eigenvalue weighted by atomic mass is 16.2. The number of carbonyl (C=O) groups excluding carboxylic acids is 1. The predicted octanol–water partition coefficient (Wildman–Crippen LogP) is 0.250. The molecule has 0 aromatic heterocycles. The van der Waals surface area contributed by atoms with Crippen molar-refractivity contribution in [2.24, 2.45) is 0 Å². The van der Waals surface area contributed by atoms with Crippen LogP contribution in [-0.4, -0.2) is 54.6 Å². The number of hydrogen-bond donors (Lipinski definition) is 1. The van der Waals surface area contributed by atoms with Crippen molar-refractivity contribution in [2.45, 2.75) is 32.4 Å². The number of likely N-dealkylation sites (tertiary alicyclic amines) is 1. The van der Waals surface area contributed by atoms with E-state index in [-0.39, 0.29) is 12.1 Å². The van der Waals surface area contributed by atoms with E-state index >= 15 is 0 Å². The number of amides is 1. The van der Waals surface area contributed by atoms with Crippen LogP contribution >= 0.6 is 0 Å². The van der Waals surface area contributed by atoms with Crippen LogP contribution in [0.2, 0.25) is 0 Å². The van der Waals surface area contributed by atoms with Gasteiger partial charge in [0.15, 0.2) is 0 Å². The van der Waals surface area contributed by atoms with Crippen LogP contribution in [0, 0.1) is 0 Å². The SMILES string of the molecule is CCC1NCC(=O)N1CCN1CCCC1. The molecule has 2 aliphatic heterocycles. The summed E-state index contributed by atoms with van der Waals surface area (Å²) >= 11 is 0. The van der Waals surface area contributed by atoms with Crippen LogP contribution < -0.4 is 5.32 Å². The van der Waals surface area contributed by atoms with Gasteiger partial charge in [-0.25, -0.2) is 0 Å². The average molecular weight is 211 g/mol. The Morgan fingerprint density at radius 2 is 2.07 bits per heavy atom. The molecule has 15 heavy (non-hydrogen) atoms. The van der Waals surface area contributed by atoms with Gasteiger partial charge in [-0.1, -0.05) is 6.92 Å². The van der Waals surface area contributed by atoms with Crippen molar-refractivity contribution in [3.63, 3.8) is 0 Å². The summed E-state index contributed by atoms with van der Waals surface area (Å²) in [6.07, 6.45) is 3.93. The minimum absolute atomic E-state index is 0.265. The predicted molar refractivity (Wildman–Crippen MR) is 59.5 cm³/mol. The van der Waals surface area contributed by atoms with Crippen molar-refractivity contribution in [3.05, 3.63) is 0 Å². The summed E-state index contributed by atoms with van der Waals surface area (Å²) < 4.78 is 0. The smallest absolute Gasteiger partial charge is 0.237 e. The number of rotatable bonds is 4. The first-order chi connectivity index (χ1) is 7.31. The molecule has 0 radical (unpaired) electrons. The summed E-state index contributed by atoms with van der Waals surface area (Å²) in [5, 5.41) is 3.24. The first-order valence-electron chi connectivity index (χ1n) is 6.06. The summed E-state index contributed by atoms with van der Waals surface area (Å²) in [4.78, 5) is 16.0. The maximum absolute atomic E-state index is 11.6. The second-order valence-electron chi connectivity index (χ2n) is 4.44. The summed E-state index contributed by atoms with van der Waals surface area (Å²) in [5.41, 5.74) is 0. The van der Waals surface area contributed by atoms with E-state index in [0.717, 1.165) is 19.5 Å². The van der Waals surface area contributed by atoms with E-state index in [1.54, 1.807) is 0 Å².